The maximum Gasteiger partial charge on any atom is 0.211 e. The fraction of sp³-hybridized carbons (Fsp3) is 0. The van der Waals surface area contributed by atoms with Gasteiger partial charge in [0.05, 0.1) is 5.69 Å². The number of ketones is 1. The van der Waals surface area contributed by atoms with Crippen molar-refractivity contribution in [1.82, 2.24) is 0 Å². The van der Waals surface area contributed by atoms with Crippen LogP contribution in [0.3, 0.4) is 0 Å². The lowest BCUT2D eigenvalue weighted by Crippen LogP contribution is -2.16. The molecule has 0 aromatic heterocycles. The molecule has 3 rings (SSSR count). The molecule has 0 bridgehead atoms. The van der Waals surface area contributed by atoms with Crippen molar-refractivity contribution in [2.75, 3.05) is 0 Å². The predicted molar refractivity (Wildman–Crippen MR) is 73.3 cm³/mol. The molecule has 0 amide bonds. The number of Topliss-reactive ketones (excluding diaryl/α,β-unsaturated/α-hetero) is 1. The van der Waals surface area contributed by atoms with E-state index < -0.39 is 0 Å². The summed E-state index contributed by atoms with van der Waals surface area (Å²) in [7, 11) is 0. The van der Waals surface area contributed by atoms with Gasteiger partial charge in [-0.25, -0.2) is 4.99 Å². The molecule has 1 aliphatic carbocycles. The van der Waals surface area contributed by atoms with Gasteiger partial charge < -0.3 is 0 Å². The second kappa shape index (κ2) is 4.41. The van der Waals surface area contributed by atoms with Gasteiger partial charge in [0.15, 0.2) is 0 Å². The van der Waals surface area contributed by atoms with Crippen molar-refractivity contribution in [3.05, 3.63) is 71.8 Å². The van der Waals surface area contributed by atoms with E-state index in [1.165, 1.54) is 0 Å². The van der Waals surface area contributed by atoms with Gasteiger partial charge in [-0.1, -0.05) is 48.5 Å². The van der Waals surface area contributed by atoms with Crippen molar-refractivity contribution in [2.24, 2.45) is 4.99 Å². The van der Waals surface area contributed by atoms with Crippen molar-refractivity contribution < 1.29 is 4.79 Å². The number of rotatable bonds is 1. The van der Waals surface area contributed by atoms with Gasteiger partial charge in [0, 0.05) is 5.56 Å². The van der Waals surface area contributed by atoms with Crippen LogP contribution in [0.4, 0.5) is 5.69 Å². The minimum atomic E-state index is -0.0167. The van der Waals surface area contributed by atoms with Crippen molar-refractivity contribution >= 4 is 23.3 Å². The van der Waals surface area contributed by atoms with E-state index in [1.54, 1.807) is 6.08 Å². The number of carbonyl (C=O) groups is 1. The third-order valence-corrected chi connectivity index (χ3v) is 2.86. The van der Waals surface area contributed by atoms with Gasteiger partial charge in [-0.2, -0.15) is 0 Å². The summed E-state index contributed by atoms with van der Waals surface area (Å²) in [5.74, 6) is -0.0167. The van der Waals surface area contributed by atoms with Gasteiger partial charge in [0.2, 0.25) is 5.78 Å². The number of aliphatic imine (C=N–C) groups is 1. The SMILES string of the molecule is O=C1C(=Nc2ccccc2)C=Cc2ccccc21. The molecule has 18 heavy (non-hydrogen) atoms. The highest BCUT2D eigenvalue weighted by Crippen LogP contribution is 2.20. The lowest BCUT2D eigenvalue weighted by molar-refractivity contribution is 0.106. The fourth-order valence-electron chi connectivity index (χ4n) is 1.96. The third-order valence-electron chi connectivity index (χ3n) is 2.86. The molecule has 0 atom stereocenters. The number of allylic oxidation sites excluding steroid dienone is 1. The maximum atomic E-state index is 12.2. The minimum Gasteiger partial charge on any atom is -0.287 e. The Bertz CT molecular complexity index is 654. The highest BCUT2D eigenvalue weighted by molar-refractivity contribution is 6.52. The smallest absolute Gasteiger partial charge is 0.211 e. The standard InChI is InChI=1S/C16H11NO/c18-16-14-9-5-4-6-12(14)10-11-15(16)17-13-7-2-1-3-8-13/h1-11H. The Morgan fingerprint density at radius 3 is 2.33 bits per heavy atom. The summed E-state index contributed by atoms with van der Waals surface area (Å²) in [5, 5.41) is 0. The maximum absolute atomic E-state index is 12.2. The summed E-state index contributed by atoms with van der Waals surface area (Å²) < 4.78 is 0. The third kappa shape index (κ3) is 1.89. The number of para-hydroxylation sites is 1. The van der Waals surface area contributed by atoms with Crippen LogP contribution in [-0.2, 0) is 0 Å². The lowest BCUT2D eigenvalue weighted by Gasteiger charge is -2.10. The van der Waals surface area contributed by atoms with E-state index in [0.717, 1.165) is 16.8 Å². The normalized spacial score (nSPS) is 15.8. The van der Waals surface area contributed by atoms with E-state index in [0.29, 0.717) is 5.71 Å². The van der Waals surface area contributed by atoms with Crippen LogP contribution in [0.25, 0.3) is 6.08 Å². The van der Waals surface area contributed by atoms with Gasteiger partial charge in [0.1, 0.15) is 5.71 Å². The van der Waals surface area contributed by atoms with Crippen LogP contribution in [0.5, 0.6) is 0 Å². The fourth-order valence-corrected chi connectivity index (χ4v) is 1.96. The minimum absolute atomic E-state index is 0.0167. The Morgan fingerprint density at radius 1 is 0.778 bits per heavy atom. The van der Waals surface area contributed by atoms with Gasteiger partial charge >= 0.3 is 0 Å². The number of carbonyl (C=O) groups excluding carboxylic acids is 1. The van der Waals surface area contributed by atoms with Crippen LogP contribution in [0, 0.1) is 0 Å². The summed E-state index contributed by atoms with van der Waals surface area (Å²) in [6, 6.07) is 17.1. The Kier molecular flexibility index (Phi) is 2.61. The van der Waals surface area contributed by atoms with E-state index in [9.17, 15) is 4.79 Å². The molecule has 0 unspecified atom stereocenters. The van der Waals surface area contributed by atoms with Crippen molar-refractivity contribution in [3.63, 3.8) is 0 Å². The highest BCUT2D eigenvalue weighted by Gasteiger charge is 2.18. The summed E-state index contributed by atoms with van der Waals surface area (Å²) in [5.41, 5.74) is 2.95. The van der Waals surface area contributed by atoms with Gasteiger partial charge in [0.25, 0.3) is 0 Å². The van der Waals surface area contributed by atoms with Crippen LogP contribution in [-0.4, -0.2) is 11.5 Å². The number of hydrogen-bond acceptors (Lipinski definition) is 2. The second-order valence-electron chi connectivity index (χ2n) is 4.08. The molecule has 0 heterocycles. The molecule has 0 saturated heterocycles. The molecule has 2 aromatic carbocycles. The largest absolute Gasteiger partial charge is 0.287 e. The molecule has 0 saturated carbocycles. The zero-order chi connectivity index (χ0) is 12.4. The van der Waals surface area contributed by atoms with Gasteiger partial charge in [-0.05, 0) is 23.8 Å². The van der Waals surface area contributed by atoms with Crippen LogP contribution < -0.4 is 0 Å². The number of benzene rings is 2. The summed E-state index contributed by atoms with van der Waals surface area (Å²) in [4.78, 5) is 16.6. The van der Waals surface area contributed by atoms with Gasteiger partial charge in [-0.15, -0.1) is 0 Å². The zero-order valence-electron chi connectivity index (χ0n) is 9.71. The Balaban J connectivity index is 2.04. The van der Waals surface area contributed by atoms with E-state index in [2.05, 4.69) is 4.99 Å². The van der Waals surface area contributed by atoms with Crippen LogP contribution in [0.1, 0.15) is 15.9 Å². The Labute approximate surface area is 105 Å². The first-order valence-electron chi connectivity index (χ1n) is 5.80. The molecule has 0 aliphatic heterocycles. The van der Waals surface area contributed by atoms with E-state index in [-0.39, 0.29) is 5.78 Å². The first-order valence-corrected chi connectivity index (χ1v) is 5.80. The van der Waals surface area contributed by atoms with Crippen LogP contribution in [0.15, 0.2) is 65.7 Å². The lowest BCUT2D eigenvalue weighted by atomic mass is 9.95. The van der Waals surface area contributed by atoms with E-state index in [4.69, 9.17) is 0 Å². The molecule has 1 aliphatic rings. The van der Waals surface area contributed by atoms with Crippen molar-refractivity contribution in [2.45, 2.75) is 0 Å². The highest BCUT2D eigenvalue weighted by atomic mass is 16.1. The quantitative estimate of drug-likeness (QED) is 0.739. The zero-order valence-corrected chi connectivity index (χ0v) is 9.71. The molecule has 0 fully saturated rings. The average Bonchev–Trinajstić information content (AvgIpc) is 2.43. The topological polar surface area (TPSA) is 29.4 Å². The van der Waals surface area contributed by atoms with Crippen LogP contribution >= 0.6 is 0 Å². The molecular formula is C16H11NO. The average molecular weight is 233 g/mol. The Hall–Kier alpha value is -2.48. The number of nitrogens with zero attached hydrogens (tertiary/aromatic N) is 1. The molecule has 2 aromatic rings. The van der Waals surface area contributed by atoms with E-state index >= 15 is 0 Å². The second-order valence-corrected chi connectivity index (χ2v) is 4.08. The molecule has 2 heteroatoms. The summed E-state index contributed by atoms with van der Waals surface area (Å²) in [6.07, 6.45) is 3.70. The molecule has 0 spiro atoms. The monoisotopic (exact) mass is 233 g/mol. The molecule has 86 valence electrons. The first-order chi connectivity index (χ1) is 8.84. The summed E-state index contributed by atoms with van der Waals surface area (Å²) >= 11 is 0. The number of fused-ring (bicyclic) bond motifs is 1. The predicted octanol–water partition coefficient (Wildman–Crippen LogP) is 3.67. The summed E-state index contributed by atoms with van der Waals surface area (Å²) in [6.45, 7) is 0. The Morgan fingerprint density at radius 2 is 1.50 bits per heavy atom. The molecule has 0 radical (unpaired) electrons. The molecular weight excluding hydrogens is 222 g/mol. The number of hydrogen-bond donors (Lipinski definition) is 0. The van der Waals surface area contributed by atoms with E-state index in [1.807, 2.05) is 60.7 Å². The first kappa shape index (κ1) is 10.7. The van der Waals surface area contributed by atoms with Crippen molar-refractivity contribution in [1.29, 1.82) is 0 Å². The molecule has 2 nitrogen and oxygen atoms in total. The van der Waals surface area contributed by atoms with Crippen LogP contribution in [0.2, 0.25) is 0 Å². The van der Waals surface area contributed by atoms with Gasteiger partial charge in [-0.3, -0.25) is 4.79 Å². The molecule has 0 N–H and O–H groups in total. The van der Waals surface area contributed by atoms with Crippen molar-refractivity contribution in [3.8, 4) is 0 Å².